The van der Waals surface area contributed by atoms with Gasteiger partial charge in [0.2, 0.25) is 5.91 Å². The van der Waals surface area contributed by atoms with Gasteiger partial charge in [0, 0.05) is 28.1 Å². The second kappa shape index (κ2) is 7.27. The predicted molar refractivity (Wildman–Crippen MR) is 80.0 cm³/mol. The summed E-state index contributed by atoms with van der Waals surface area (Å²) in [6, 6.07) is 4.92. The van der Waals surface area contributed by atoms with Gasteiger partial charge in [-0.15, -0.1) is 0 Å². The Hall–Kier alpha value is -0.810. The van der Waals surface area contributed by atoms with Crippen LogP contribution in [0.1, 0.15) is 24.5 Å². The SMILES string of the molecule is O=C(NC[C@H](O)c1ccc(Cl)cc1Cl)C1CCNCC1. The Morgan fingerprint density at radius 3 is 2.75 bits per heavy atom. The van der Waals surface area contributed by atoms with Gasteiger partial charge in [0.1, 0.15) is 0 Å². The van der Waals surface area contributed by atoms with Crippen LogP contribution in [-0.4, -0.2) is 30.6 Å². The first-order valence-corrected chi connectivity index (χ1v) is 7.45. The third-order valence-electron chi connectivity index (χ3n) is 3.50. The molecule has 0 radical (unpaired) electrons. The van der Waals surface area contributed by atoms with Gasteiger partial charge in [0.15, 0.2) is 0 Å². The molecular formula is C14H18Cl2N2O2. The summed E-state index contributed by atoms with van der Waals surface area (Å²) in [5.74, 6) is 0.0276. The monoisotopic (exact) mass is 316 g/mol. The second-order valence-electron chi connectivity index (χ2n) is 4.95. The average molecular weight is 317 g/mol. The van der Waals surface area contributed by atoms with Crippen molar-refractivity contribution in [3.8, 4) is 0 Å². The van der Waals surface area contributed by atoms with Crippen LogP contribution in [0.4, 0.5) is 0 Å². The highest BCUT2D eigenvalue weighted by Crippen LogP contribution is 2.26. The number of halogens is 2. The lowest BCUT2D eigenvalue weighted by Gasteiger charge is -2.22. The Balaban J connectivity index is 1.87. The van der Waals surface area contributed by atoms with Crippen LogP contribution in [0, 0.1) is 5.92 Å². The molecule has 2 rings (SSSR count). The maximum Gasteiger partial charge on any atom is 0.223 e. The van der Waals surface area contributed by atoms with Crippen LogP contribution >= 0.6 is 23.2 Å². The van der Waals surface area contributed by atoms with Crippen LogP contribution in [0.25, 0.3) is 0 Å². The van der Waals surface area contributed by atoms with Crippen molar-refractivity contribution in [3.63, 3.8) is 0 Å². The number of carbonyl (C=O) groups is 1. The number of rotatable bonds is 4. The smallest absolute Gasteiger partial charge is 0.223 e. The number of benzene rings is 1. The zero-order valence-electron chi connectivity index (χ0n) is 11.0. The van der Waals surface area contributed by atoms with Gasteiger partial charge < -0.3 is 15.7 Å². The van der Waals surface area contributed by atoms with Gasteiger partial charge in [-0.05, 0) is 38.1 Å². The van der Waals surface area contributed by atoms with Crippen LogP contribution in [0.15, 0.2) is 18.2 Å². The summed E-state index contributed by atoms with van der Waals surface area (Å²) in [6.45, 7) is 1.89. The summed E-state index contributed by atoms with van der Waals surface area (Å²) in [4.78, 5) is 12.0. The molecule has 1 aliphatic heterocycles. The first-order chi connectivity index (χ1) is 9.58. The summed E-state index contributed by atoms with van der Waals surface area (Å²) < 4.78 is 0. The molecule has 1 aromatic carbocycles. The lowest BCUT2D eigenvalue weighted by Crippen LogP contribution is -2.39. The van der Waals surface area contributed by atoms with Gasteiger partial charge in [0.25, 0.3) is 0 Å². The van der Waals surface area contributed by atoms with Crippen molar-refractivity contribution in [1.29, 1.82) is 0 Å². The molecule has 4 nitrogen and oxygen atoms in total. The maximum atomic E-state index is 12.0. The maximum absolute atomic E-state index is 12.0. The van der Waals surface area contributed by atoms with Crippen molar-refractivity contribution in [3.05, 3.63) is 33.8 Å². The van der Waals surface area contributed by atoms with Crippen LogP contribution < -0.4 is 10.6 Å². The van der Waals surface area contributed by atoms with E-state index in [4.69, 9.17) is 23.2 Å². The van der Waals surface area contributed by atoms with E-state index in [9.17, 15) is 9.90 Å². The Morgan fingerprint density at radius 2 is 2.10 bits per heavy atom. The topological polar surface area (TPSA) is 61.4 Å². The fraction of sp³-hybridized carbons (Fsp3) is 0.500. The molecule has 1 amide bonds. The quantitative estimate of drug-likeness (QED) is 0.797. The lowest BCUT2D eigenvalue weighted by atomic mass is 9.97. The number of piperidine rings is 1. The van der Waals surface area contributed by atoms with Gasteiger partial charge >= 0.3 is 0 Å². The molecule has 1 atom stereocenters. The van der Waals surface area contributed by atoms with Gasteiger partial charge in [-0.1, -0.05) is 29.3 Å². The molecule has 6 heteroatoms. The minimum Gasteiger partial charge on any atom is -0.387 e. The van der Waals surface area contributed by atoms with E-state index < -0.39 is 6.10 Å². The summed E-state index contributed by atoms with van der Waals surface area (Å²) in [5, 5.41) is 17.0. The Bertz CT molecular complexity index is 476. The normalized spacial score (nSPS) is 17.8. The largest absolute Gasteiger partial charge is 0.387 e. The minimum absolute atomic E-state index is 0.00404. The molecule has 0 saturated carbocycles. The number of amides is 1. The highest BCUT2D eigenvalue weighted by Gasteiger charge is 2.21. The Kier molecular flexibility index (Phi) is 5.66. The van der Waals surface area contributed by atoms with Gasteiger partial charge in [-0.3, -0.25) is 4.79 Å². The van der Waals surface area contributed by atoms with E-state index in [2.05, 4.69) is 10.6 Å². The fourth-order valence-corrected chi connectivity index (χ4v) is 2.84. The highest BCUT2D eigenvalue weighted by molar-refractivity contribution is 6.35. The molecular weight excluding hydrogens is 299 g/mol. The van der Waals surface area contributed by atoms with E-state index in [1.807, 2.05) is 0 Å². The molecule has 1 fully saturated rings. The third-order valence-corrected chi connectivity index (χ3v) is 4.06. The van der Waals surface area contributed by atoms with Gasteiger partial charge in [-0.2, -0.15) is 0 Å². The molecule has 1 aliphatic rings. The Morgan fingerprint density at radius 1 is 1.40 bits per heavy atom. The molecule has 0 bridgehead atoms. The van der Waals surface area contributed by atoms with E-state index in [1.165, 1.54) is 0 Å². The van der Waals surface area contributed by atoms with Gasteiger partial charge in [-0.25, -0.2) is 0 Å². The van der Waals surface area contributed by atoms with Crippen LogP contribution in [0.3, 0.4) is 0 Å². The zero-order valence-corrected chi connectivity index (χ0v) is 12.5. The van der Waals surface area contributed by atoms with Crippen LogP contribution in [-0.2, 0) is 4.79 Å². The average Bonchev–Trinajstić information content (AvgIpc) is 2.45. The summed E-state index contributed by atoms with van der Waals surface area (Å²) >= 11 is 11.8. The third kappa shape index (κ3) is 4.09. The molecule has 110 valence electrons. The highest BCUT2D eigenvalue weighted by atomic mass is 35.5. The number of hydrogen-bond acceptors (Lipinski definition) is 3. The molecule has 3 N–H and O–H groups in total. The number of aliphatic hydroxyl groups excluding tert-OH is 1. The molecule has 20 heavy (non-hydrogen) atoms. The van der Waals surface area contributed by atoms with E-state index in [-0.39, 0.29) is 18.4 Å². The van der Waals surface area contributed by atoms with Crippen molar-refractivity contribution >= 4 is 29.1 Å². The lowest BCUT2D eigenvalue weighted by molar-refractivity contribution is -0.126. The summed E-state index contributed by atoms with van der Waals surface area (Å²) in [7, 11) is 0. The molecule has 1 aromatic rings. The second-order valence-corrected chi connectivity index (χ2v) is 5.79. The van der Waals surface area contributed by atoms with Crippen molar-refractivity contribution in [2.75, 3.05) is 19.6 Å². The molecule has 0 unspecified atom stereocenters. The van der Waals surface area contributed by atoms with E-state index >= 15 is 0 Å². The molecule has 1 heterocycles. The van der Waals surface area contributed by atoms with Crippen LogP contribution in [0.2, 0.25) is 10.0 Å². The van der Waals surface area contributed by atoms with Crippen molar-refractivity contribution in [2.45, 2.75) is 18.9 Å². The first kappa shape index (κ1) is 15.6. The number of hydrogen-bond donors (Lipinski definition) is 3. The molecule has 0 aliphatic carbocycles. The van der Waals surface area contributed by atoms with Gasteiger partial charge in [0.05, 0.1) is 6.10 Å². The minimum atomic E-state index is -0.828. The molecule has 0 spiro atoms. The zero-order chi connectivity index (χ0) is 14.5. The van der Waals surface area contributed by atoms with Crippen molar-refractivity contribution in [1.82, 2.24) is 10.6 Å². The summed E-state index contributed by atoms with van der Waals surface area (Å²) in [6.07, 6.45) is 0.846. The van der Waals surface area contributed by atoms with Crippen LogP contribution in [0.5, 0.6) is 0 Å². The standard InChI is InChI=1S/C14H18Cl2N2O2/c15-10-1-2-11(12(16)7-10)13(19)8-18-14(20)9-3-5-17-6-4-9/h1-2,7,9,13,17,19H,3-6,8H2,(H,18,20)/t13-/m0/s1. The predicted octanol–water partition coefficient (Wildman–Crippen LogP) is 2.14. The Labute approximate surface area is 128 Å². The number of aliphatic hydroxyl groups is 1. The number of carbonyl (C=O) groups excluding carboxylic acids is 1. The fourth-order valence-electron chi connectivity index (χ4n) is 2.31. The summed E-state index contributed by atoms with van der Waals surface area (Å²) in [5.41, 5.74) is 0.571. The first-order valence-electron chi connectivity index (χ1n) is 6.69. The number of nitrogens with one attached hydrogen (secondary N) is 2. The van der Waals surface area contributed by atoms with E-state index in [0.29, 0.717) is 15.6 Å². The van der Waals surface area contributed by atoms with E-state index in [0.717, 1.165) is 25.9 Å². The molecule has 1 saturated heterocycles. The van der Waals surface area contributed by atoms with E-state index in [1.54, 1.807) is 18.2 Å². The van der Waals surface area contributed by atoms with Crippen molar-refractivity contribution in [2.24, 2.45) is 5.92 Å². The van der Waals surface area contributed by atoms with Crippen molar-refractivity contribution < 1.29 is 9.90 Å². The molecule has 0 aromatic heterocycles.